The van der Waals surface area contributed by atoms with E-state index in [4.69, 9.17) is 8.85 Å². The van der Waals surface area contributed by atoms with Crippen molar-refractivity contribution >= 4 is 16.6 Å². The van der Waals surface area contributed by atoms with Crippen molar-refractivity contribution in [3.05, 3.63) is 11.6 Å². The van der Waals surface area contributed by atoms with E-state index in [2.05, 4.69) is 80.7 Å². The average Bonchev–Trinajstić information content (AvgIpc) is 2.26. The van der Waals surface area contributed by atoms with Crippen LogP contribution < -0.4 is 0 Å². The van der Waals surface area contributed by atoms with Crippen LogP contribution in [0.3, 0.4) is 0 Å². The zero-order valence-corrected chi connectivity index (χ0v) is 18.3. The molecule has 21 heavy (non-hydrogen) atoms. The summed E-state index contributed by atoms with van der Waals surface area (Å²) in [4.78, 5) is 0. The van der Waals surface area contributed by atoms with Crippen molar-refractivity contribution in [3.63, 3.8) is 0 Å². The largest absolute Gasteiger partial charge is 0.413 e. The van der Waals surface area contributed by atoms with E-state index in [1.165, 1.54) is 5.57 Å². The molecule has 0 radical (unpaired) electrons. The predicted molar refractivity (Wildman–Crippen MR) is 100 cm³/mol. The van der Waals surface area contributed by atoms with Crippen LogP contribution in [0.25, 0.3) is 0 Å². The van der Waals surface area contributed by atoms with Crippen LogP contribution >= 0.6 is 0 Å². The van der Waals surface area contributed by atoms with E-state index in [0.717, 1.165) is 0 Å². The van der Waals surface area contributed by atoms with Gasteiger partial charge in [0.2, 0.25) is 0 Å². The van der Waals surface area contributed by atoms with E-state index >= 15 is 0 Å². The zero-order chi connectivity index (χ0) is 17.1. The summed E-state index contributed by atoms with van der Waals surface area (Å²) in [5, 5.41) is 0.512. The zero-order valence-electron chi connectivity index (χ0n) is 16.3. The quantitative estimate of drug-likeness (QED) is 0.441. The van der Waals surface area contributed by atoms with Gasteiger partial charge in [-0.2, -0.15) is 0 Å². The van der Waals surface area contributed by atoms with Crippen LogP contribution in [0, 0.1) is 0 Å². The van der Waals surface area contributed by atoms with Gasteiger partial charge in [-0.05, 0) is 48.8 Å². The van der Waals surface area contributed by atoms with Crippen LogP contribution in [0.4, 0.5) is 0 Å². The van der Waals surface area contributed by atoms with Crippen molar-refractivity contribution in [1.82, 2.24) is 0 Å². The summed E-state index contributed by atoms with van der Waals surface area (Å²) in [7, 11) is -3.36. The Morgan fingerprint density at radius 3 is 1.24 bits per heavy atom. The molecule has 0 atom stereocenters. The molecule has 0 rings (SSSR count). The standard InChI is InChI=1S/C17H38O2Si2/c1-12-15(13-18-20(8,9)16(2,3)4)14-19-21(10,11)17(5,6)7/h12H,13-14H2,1-11H3. The third-order valence-corrected chi connectivity index (χ3v) is 14.2. The van der Waals surface area contributed by atoms with E-state index in [1.807, 2.05) is 0 Å². The molecule has 0 aromatic carbocycles. The first-order valence-corrected chi connectivity index (χ1v) is 13.9. The normalized spacial score (nSPS) is 14.2. The van der Waals surface area contributed by atoms with Crippen molar-refractivity contribution < 1.29 is 8.85 Å². The van der Waals surface area contributed by atoms with Crippen LogP contribution in [0.1, 0.15) is 48.5 Å². The molecule has 0 spiro atoms. The maximum Gasteiger partial charge on any atom is 0.192 e. The minimum absolute atomic E-state index is 0.256. The summed E-state index contributed by atoms with van der Waals surface area (Å²) in [6.07, 6.45) is 2.15. The molecule has 0 saturated carbocycles. The van der Waals surface area contributed by atoms with Crippen molar-refractivity contribution in [3.8, 4) is 0 Å². The molecule has 0 unspecified atom stereocenters. The molecule has 0 aliphatic heterocycles. The smallest absolute Gasteiger partial charge is 0.192 e. The fourth-order valence-corrected chi connectivity index (χ4v) is 3.15. The minimum Gasteiger partial charge on any atom is -0.413 e. The predicted octanol–water partition coefficient (Wildman–Crippen LogP) is 5.98. The Hall–Kier alpha value is 0.0938. The van der Waals surface area contributed by atoms with Crippen LogP contribution in [-0.2, 0) is 8.85 Å². The minimum atomic E-state index is -1.68. The maximum absolute atomic E-state index is 6.30. The Balaban J connectivity index is 4.59. The molecule has 2 nitrogen and oxygen atoms in total. The van der Waals surface area contributed by atoms with Crippen molar-refractivity contribution in [2.45, 2.75) is 84.7 Å². The van der Waals surface area contributed by atoms with Gasteiger partial charge in [-0.15, -0.1) is 0 Å². The second kappa shape index (κ2) is 7.11. The van der Waals surface area contributed by atoms with Crippen LogP contribution in [0.5, 0.6) is 0 Å². The first kappa shape index (κ1) is 21.1. The van der Waals surface area contributed by atoms with Crippen molar-refractivity contribution in [2.24, 2.45) is 0 Å². The molecule has 0 fully saturated rings. The highest BCUT2D eigenvalue weighted by molar-refractivity contribution is 6.74. The molecule has 0 aliphatic carbocycles. The summed E-state index contributed by atoms with van der Waals surface area (Å²) in [5.74, 6) is 0. The molecule has 126 valence electrons. The highest BCUT2D eigenvalue weighted by atomic mass is 28.4. The topological polar surface area (TPSA) is 18.5 Å². The highest BCUT2D eigenvalue weighted by Gasteiger charge is 2.38. The van der Waals surface area contributed by atoms with Gasteiger partial charge in [-0.3, -0.25) is 0 Å². The summed E-state index contributed by atoms with van der Waals surface area (Å²) < 4.78 is 12.6. The van der Waals surface area contributed by atoms with E-state index in [0.29, 0.717) is 13.2 Å². The third-order valence-electron chi connectivity index (χ3n) is 5.26. The van der Waals surface area contributed by atoms with Gasteiger partial charge in [0.25, 0.3) is 0 Å². The monoisotopic (exact) mass is 330 g/mol. The van der Waals surface area contributed by atoms with E-state index in [-0.39, 0.29) is 10.1 Å². The third kappa shape index (κ3) is 6.39. The molecule has 0 amide bonds. The van der Waals surface area contributed by atoms with E-state index in [1.54, 1.807) is 0 Å². The molecule has 4 heteroatoms. The number of rotatable bonds is 6. The second-order valence-corrected chi connectivity index (χ2v) is 18.7. The summed E-state index contributed by atoms with van der Waals surface area (Å²) in [6.45, 7) is 26.4. The van der Waals surface area contributed by atoms with Gasteiger partial charge in [0.05, 0.1) is 13.2 Å². The molecule has 0 N–H and O–H groups in total. The summed E-state index contributed by atoms with van der Waals surface area (Å²) >= 11 is 0. The Labute approximate surface area is 135 Å². The fourth-order valence-electron chi connectivity index (χ4n) is 1.19. The number of allylic oxidation sites excluding steroid dienone is 1. The Morgan fingerprint density at radius 2 is 1.05 bits per heavy atom. The highest BCUT2D eigenvalue weighted by Crippen LogP contribution is 2.38. The van der Waals surface area contributed by atoms with Gasteiger partial charge in [0, 0.05) is 0 Å². The van der Waals surface area contributed by atoms with Gasteiger partial charge in [0.15, 0.2) is 16.6 Å². The lowest BCUT2D eigenvalue weighted by molar-refractivity contribution is 0.271. The summed E-state index contributed by atoms with van der Waals surface area (Å²) in [5.41, 5.74) is 1.27. The van der Waals surface area contributed by atoms with Crippen molar-refractivity contribution in [1.29, 1.82) is 0 Å². The molecule has 0 aromatic heterocycles. The van der Waals surface area contributed by atoms with Gasteiger partial charge >= 0.3 is 0 Å². The lowest BCUT2D eigenvalue weighted by Gasteiger charge is -2.38. The molecule has 0 bridgehead atoms. The van der Waals surface area contributed by atoms with Gasteiger partial charge in [-0.25, -0.2) is 0 Å². The maximum atomic E-state index is 6.30. The number of hydrogen-bond donors (Lipinski definition) is 0. The molecule has 0 aliphatic rings. The second-order valence-electron chi connectivity index (χ2n) is 9.04. The average molecular weight is 331 g/mol. The first-order chi connectivity index (χ1) is 9.14. The molecular formula is C17H38O2Si2. The van der Waals surface area contributed by atoms with E-state index in [9.17, 15) is 0 Å². The van der Waals surface area contributed by atoms with Gasteiger partial charge in [-0.1, -0.05) is 47.6 Å². The Bertz CT molecular complexity index is 326. The Kier molecular flexibility index (Phi) is 7.14. The lowest BCUT2D eigenvalue weighted by Crippen LogP contribution is -2.43. The molecule has 0 heterocycles. The van der Waals surface area contributed by atoms with E-state index < -0.39 is 16.6 Å². The number of hydrogen-bond acceptors (Lipinski definition) is 2. The fraction of sp³-hybridized carbons (Fsp3) is 0.882. The SMILES string of the molecule is CC=C(CO[Si](C)(C)C(C)(C)C)CO[Si](C)(C)C(C)(C)C. The molecule has 0 saturated heterocycles. The van der Waals surface area contributed by atoms with Crippen LogP contribution in [0.2, 0.25) is 36.3 Å². The molecule has 0 aromatic rings. The van der Waals surface area contributed by atoms with Gasteiger partial charge in [0.1, 0.15) is 0 Å². The first-order valence-electron chi connectivity index (χ1n) is 8.06. The van der Waals surface area contributed by atoms with Crippen LogP contribution in [-0.4, -0.2) is 29.8 Å². The van der Waals surface area contributed by atoms with Crippen LogP contribution in [0.15, 0.2) is 11.6 Å². The summed E-state index contributed by atoms with van der Waals surface area (Å²) in [6, 6.07) is 0. The molecular weight excluding hydrogens is 292 g/mol. The lowest BCUT2D eigenvalue weighted by atomic mass is 10.2. The van der Waals surface area contributed by atoms with Crippen molar-refractivity contribution in [2.75, 3.05) is 13.2 Å². The Morgan fingerprint density at radius 1 is 0.762 bits per heavy atom. The van der Waals surface area contributed by atoms with Gasteiger partial charge < -0.3 is 8.85 Å².